The predicted molar refractivity (Wildman–Crippen MR) is 106 cm³/mol. The fraction of sp³-hybridized carbons (Fsp3) is 0.364. The van der Waals surface area contributed by atoms with E-state index in [1.807, 2.05) is 6.07 Å². The van der Waals surface area contributed by atoms with Crippen LogP contribution < -0.4 is 14.8 Å². The van der Waals surface area contributed by atoms with Crippen molar-refractivity contribution in [1.82, 2.24) is 0 Å². The number of rotatable bonds is 11. The number of nitrogens with zero attached hydrogens (tertiary/aromatic N) is 1. The van der Waals surface area contributed by atoms with Gasteiger partial charge in [0.1, 0.15) is 17.6 Å². The minimum atomic E-state index is -0.242. The summed E-state index contributed by atoms with van der Waals surface area (Å²) in [6, 6.07) is 16.0. The van der Waals surface area contributed by atoms with Crippen LogP contribution >= 0.6 is 0 Å². The molecule has 27 heavy (non-hydrogen) atoms. The highest BCUT2D eigenvalue weighted by Gasteiger charge is 2.10. The van der Waals surface area contributed by atoms with E-state index in [1.54, 1.807) is 48.5 Å². The lowest BCUT2D eigenvalue weighted by Crippen LogP contribution is -2.13. The third-order valence-corrected chi connectivity index (χ3v) is 4.06. The number of hydrogen-bond acceptors (Lipinski definition) is 4. The molecule has 1 amide bonds. The summed E-state index contributed by atoms with van der Waals surface area (Å²) < 4.78 is 11.0. The number of nitrogens with one attached hydrogen (secondary N) is 1. The Hall–Kier alpha value is -3.00. The number of unbranched alkanes of at least 4 members (excludes halogenated alkanes) is 4. The number of carbonyl (C=O) groups is 1. The maximum atomic E-state index is 12.4. The maximum absolute atomic E-state index is 12.4. The number of ether oxygens (including phenoxy) is 2. The lowest BCUT2D eigenvalue weighted by Gasteiger charge is -2.11. The molecule has 0 bridgehead atoms. The summed E-state index contributed by atoms with van der Waals surface area (Å²) in [7, 11) is 0. The predicted octanol–water partition coefficient (Wildman–Crippen LogP) is 5.19. The van der Waals surface area contributed by atoms with Crippen molar-refractivity contribution < 1.29 is 14.3 Å². The van der Waals surface area contributed by atoms with Crippen LogP contribution in [0.5, 0.6) is 11.5 Å². The average Bonchev–Trinajstić information content (AvgIpc) is 2.70. The fourth-order valence-corrected chi connectivity index (χ4v) is 2.60. The molecule has 0 saturated carbocycles. The molecule has 0 heterocycles. The highest BCUT2D eigenvalue weighted by atomic mass is 16.5. The molecular formula is C22H26N2O3. The lowest BCUT2D eigenvalue weighted by molar-refractivity contribution is 0.102. The molecule has 0 aromatic heterocycles. The van der Waals surface area contributed by atoms with Crippen molar-refractivity contribution in [2.24, 2.45) is 0 Å². The van der Waals surface area contributed by atoms with Crippen molar-refractivity contribution in [2.45, 2.75) is 39.0 Å². The van der Waals surface area contributed by atoms with Gasteiger partial charge in [0.05, 0.1) is 12.3 Å². The van der Waals surface area contributed by atoms with Gasteiger partial charge in [0.2, 0.25) is 0 Å². The second-order valence-corrected chi connectivity index (χ2v) is 6.18. The van der Waals surface area contributed by atoms with Crippen LogP contribution in [0.2, 0.25) is 0 Å². The van der Waals surface area contributed by atoms with Crippen LogP contribution in [0, 0.1) is 11.3 Å². The molecule has 0 unspecified atom stereocenters. The number of para-hydroxylation sites is 2. The topological polar surface area (TPSA) is 71.3 Å². The SMILES string of the molecule is CCCCCCCOc1ccc(C(=O)Nc2ccccc2OCC#N)cc1. The molecule has 0 atom stereocenters. The summed E-state index contributed by atoms with van der Waals surface area (Å²) in [6.07, 6.45) is 5.98. The number of nitriles is 1. The Morgan fingerprint density at radius 2 is 1.74 bits per heavy atom. The quantitative estimate of drug-likeness (QED) is 0.556. The van der Waals surface area contributed by atoms with E-state index in [2.05, 4.69) is 12.2 Å². The summed E-state index contributed by atoms with van der Waals surface area (Å²) in [6.45, 7) is 2.82. The minimum absolute atomic E-state index is 0.0721. The molecule has 0 fully saturated rings. The normalized spacial score (nSPS) is 10.1. The van der Waals surface area contributed by atoms with Crippen LogP contribution in [0.4, 0.5) is 5.69 Å². The molecule has 2 aromatic carbocycles. The van der Waals surface area contributed by atoms with E-state index in [1.165, 1.54) is 25.7 Å². The molecule has 5 nitrogen and oxygen atoms in total. The standard InChI is InChI=1S/C22H26N2O3/c1-2-3-4-5-8-16-26-19-13-11-18(12-14-19)22(25)24-20-9-6-7-10-21(20)27-17-15-23/h6-7,9-14H,2-5,8,16-17H2,1H3,(H,24,25). The third-order valence-electron chi connectivity index (χ3n) is 4.06. The Labute approximate surface area is 160 Å². The largest absolute Gasteiger partial charge is 0.494 e. The number of anilines is 1. The average molecular weight is 366 g/mol. The zero-order chi connectivity index (χ0) is 19.3. The Morgan fingerprint density at radius 1 is 1.00 bits per heavy atom. The van der Waals surface area contributed by atoms with Gasteiger partial charge in [-0.05, 0) is 42.8 Å². The molecule has 142 valence electrons. The fourth-order valence-electron chi connectivity index (χ4n) is 2.60. The van der Waals surface area contributed by atoms with Crippen molar-refractivity contribution >= 4 is 11.6 Å². The van der Waals surface area contributed by atoms with Crippen LogP contribution in [0.15, 0.2) is 48.5 Å². The van der Waals surface area contributed by atoms with Crippen LogP contribution in [0.25, 0.3) is 0 Å². The maximum Gasteiger partial charge on any atom is 0.255 e. The van der Waals surface area contributed by atoms with E-state index in [-0.39, 0.29) is 12.5 Å². The first-order valence-electron chi connectivity index (χ1n) is 9.37. The summed E-state index contributed by atoms with van der Waals surface area (Å²) in [5.41, 5.74) is 1.06. The first-order valence-corrected chi connectivity index (χ1v) is 9.37. The Kier molecular flexibility index (Phi) is 8.72. The van der Waals surface area contributed by atoms with Crippen molar-refractivity contribution in [2.75, 3.05) is 18.5 Å². The monoisotopic (exact) mass is 366 g/mol. The zero-order valence-corrected chi connectivity index (χ0v) is 15.7. The molecule has 2 aromatic rings. The molecule has 0 aliphatic heterocycles. The van der Waals surface area contributed by atoms with Gasteiger partial charge in [-0.3, -0.25) is 4.79 Å². The summed E-state index contributed by atoms with van der Waals surface area (Å²) in [5.74, 6) is 0.990. The van der Waals surface area contributed by atoms with Gasteiger partial charge in [-0.2, -0.15) is 5.26 Å². The van der Waals surface area contributed by atoms with E-state index in [0.29, 0.717) is 23.6 Å². The van der Waals surface area contributed by atoms with Gasteiger partial charge in [-0.25, -0.2) is 0 Å². The van der Waals surface area contributed by atoms with Crippen LogP contribution in [-0.2, 0) is 0 Å². The van der Waals surface area contributed by atoms with E-state index in [0.717, 1.165) is 12.2 Å². The van der Waals surface area contributed by atoms with Crippen LogP contribution in [-0.4, -0.2) is 19.1 Å². The van der Waals surface area contributed by atoms with E-state index < -0.39 is 0 Å². The van der Waals surface area contributed by atoms with Gasteiger partial charge < -0.3 is 14.8 Å². The van der Waals surface area contributed by atoms with Crippen molar-refractivity contribution in [3.8, 4) is 17.6 Å². The summed E-state index contributed by atoms with van der Waals surface area (Å²) >= 11 is 0. The minimum Gasteiger partial charge on any atom is -0.494 e. The van der Waals surface area contributed by atoms with Crippen molar-refractivity contribution in [3.63, 3.8) is 0 Å². The molecule has 2 rings (SSSR count). The molecule has 0 aliphatic rings. The molecule has 0 spiro atoms. The van der Waals surface area contributed by atoms with Gasteiger partial charge in [-0.15, -0.1) is 0 Å². The van der Waals surface area contributed by atoms with Crippen LogP contribution in [0.1, 0.15) is 49.4 Å². The van der Waals surface area contributed by atoms with Crippen molar-refractivity contribution in [1.29, 1.82) is 5.26 Å². The van der Waals surface area contributed by atoms with E-state index >= 15 is 0 Å². The Bertz CT molecular complexity index is 751. The van der Waals surface area contributed by atoms with Gasteiger partial charge in [0.25, 0.3) is 5.91 Å². The van der Waals surface area contributed by atoms with Crippen LogP contribution in [0.3, 0.4) is 0 Å². The molecular weight excluding hydrogens is 340 g/mol. The van der Waals surface area contributed by atoms with Gasteiger partial charge in [0.15, 0.2) is 6.61 Å². The first kappa shape index (κ1) is 20.3. The van der Waals surface area contributed by atoms with Gasteiger partial charge in [0, 0.05) is 5.56 Å². The Balaban J connectivity index is 1.86. The molecule has 0 aliphatic carbocycles. The van der Waals surface area contributed by atoms with E-state index in [9.17, 15) is 4.79 Å². The smallest absolute Gasteiger partial charge is 0.255 e. The van der Waals surface area contributed by atoms with E-state index in [4.69, 9.17) is 14.7 Å². The summed E-state index contributed by atoms with van der Waals surface area (Å²) in [4.78, 5) is 12.4. The second-order valence-electron chi connectivity index (χ2n) is 6.18. The molecule has 1 N–H and O–H groups in total. The first-order chi connectivity index (χ1) is 13.2. The third kappa shape index (κ3) is 7.02. The number of carbonyl (C=O) groups excluding carboxylic acids is 1. The second kappa shape index (κ2) is 11.6. The molecule has 0 radical (unpaired) electrons. The Morgan fingerprint density at radius 3 is 2.48 bits per heavy atom. The highest BCUT2D eigenvalue weighted by molar-refractivity contribution is 6.05. The van der Waals surface area contributed by atoms with Gasteiger partial charge >= 0.3 is 0 Å². The summed E-state index contributed by atoms with van der Waals surface area (Å²) in [5, 5.41) is 11.5. The zero-order valence-electron chi connectivity index (χ0n) is 15.7. The number of benzene rings is 2. The molecule has 0 saturated heterocycles. The highest BCUT2D eigenvalue weighted by Crippen LogP contribution is 2.24. The van der Waals surface area contributed by atoms with Gasteiger partial charge in [-0.1, -0.05) is 44.7 Å². The lowest BCUT2D eigenvalue weighted by atomic mass is 10.1. The number of amides is 1. The number of hydrogen-bond donors (Lipinski definition) is 1. The molecule has 5 heteroatoms. The van der Waals surface area contributed by atoms with Crippen molar-refractivity contribution in [3.05, 3.63) is 54.1 Å².